The normalized spacial score (nSPS) is 10.7. The molecular weight excluding hydrogens is 264 g/mol. The molecule has 0 fully saturated rings. The standard InChI is InChI=1S/C13H17ClN4O/c1-3-18-13(16-9-17-18)8-19-12-5-4-10(7-15-2)6-11(12)14/h4-6,9,15H,3,7-8H2,1-2H3. The number of nitrogens with zero attached hydrogens (tertiary/aromatic N) is 3. The molecule has 5 nitrogen and oxygen atoms in total. The van der Waals surface area contributed by atoms with Crippen molar-refractivity contribution >= 4 is 11.6 Å². The van der Waals surface area contributed by atoms with E-state index in [4.69, 9.17) is 16.3 Å². The third kappa shape index (κ3) is 3.45. The van der Waals surface area contributed by atoms with Crippen molar-refractivity contribution < 1.29 is 4.74 Å². The lowest BCUT2D eigenvalue weighted by Gasteiger charge is -2.09. The second-order valence-corrected chi connectivity index (χ2v) is 4.48. The van der Waals surface area contributed by atoms with Crippen LogP contribution in [0.5, 0.6) is 5.75 Å². The zero-order chi connectivity index (χ0) is 13.7. The molecule has 1 aromatic carbocycles. The fourth-order valence-corrected chi connectivity index (χ4v) is 2.04. The first-order chi connectivity index (χ1) is 9.24. The number of benzene rings is 1. The zero-order valence-corrected chi connectivity index (χ0v) is 11.8. The topological polar surface area (TPSA) is 52.0 Å². The van der Waals surface area contributed by atoms with Gasteiger partial charge in [-0.2, -0.15) is 5.10 Å². The molecule has 0 aliphatic carbocycles. The monoisotopic (exact) mass is 280 g/mol. The van der Waals surface area contributed by atoms with Gasteiger partial charge in [0, 0.05) is 13.1 Å². The number of hydrogen-bond acceptors (Lipinski definition) is 4. The van der Waals surface area contributed by atoms with E-state index in [-0.39, 0.29) is 0 Å². The van der Waals surface area contributed by atoms with Crippen LogP contribution in [0.4, 0.5) is 0 Å². The molecular formula is C13H17ClN4O. The van der Waals surface area contributed by atoms with Crippen LogP contribution in [0.2, 0.25) is 5.02 Å². The summed E-state index contributed by atoms with van der Waals surface area (Å²) in [4.78, 5) is 4.15. The van der Waals surface area contributed by atoms with E-state index < -0.39 is 0 Å². The summed E-state index contributed by atoms with van der Waals surface area (Å²) < 4.78 is 7.48. The van der Waals surface area contributed by atoms with Crippen molar-refractivity contribution in [3.63, 3.8) is 0 Å². The van der Waals surface area contributed by atoms with Crippen LogP contribution < -0.4 is 10.1 Å². The Morgan fingerprint density at radius 1 is 1.42 bits per heavy atom. The quantitative estimate of drug-likeness (QED) is 0.882. The Morgan fingerprint density at radius 3 is 2.95 bits per heavy atom. The van der Waals surface area contributed by atoms with E-state index in [1.807, 2.05) is 32.2 Å². The predicted molar refractivity (Wildman–Crippen MR) is 74.2 cm³/mol. The van der Waals surface area contributed by atoms with Crippen LogP contribution in [0.15, 0.2) is 24.5 Å². The SMILES string of the molecule is CCn1ncnc1COc1ccc(CNC)cc1Cl. The van der Waals surface area contributed by atoms with Crippen molar-refractivity contribution in [1.29, 1.82) is 0 Å². The minimum Gasteiger partial charge on any atom is -0.484 e. The molecule has 0 saturated heterocycles. The third-order valence-electron chi connectivity index (χ3n) is 2.73. The van der Waals surface area contributed by atoms with Crippen LogP contribution in [0, 0.1) is 0 Å². The van der Waals surface area contributed by atoms with Gasteiger partial charge < -0.3 is 10.1 Å². The van der Waals surface area contributed by atoms with Gasteiger partial charge in [0.2, 0.25) is 0 Å². The molecule has 0 saturated carbocycles. The molecule has 0 amide bonds. The van der Waals surface area contributed by atoms with Crippen LogP contribution in [0.25, 0.3) is 0 Å². The minimum absolute atomic E-state index is 0.360. The highest BCUT2D eigenvalue weighted by Gasteiger charge is 2.07. The molecule has 19 heavy (non-hydrogen) atoms. The second kappa shape index (κ2) is 6.54. The molecule has 1 heterocycles. The van der Waals surface area contributed by atoms with Gasteiger partial charge in [-0.3, -0.25) is 0 Å². The summed E-state index contributed by atoms with van der Waals surface area (Å²) in [6.07, 6.45) is 1.53. The Labute approximate surface area is 117 Å². The lowest BCUT2D eigenvalue weighted by atomic mass is 10.2. The van der Waals surface area contributed by atoms with Gasteiger partial charge in [0.1, 0.15) is 18.7 Å². The Morgan fingerprint density at radius 2 is 2.26 bits per heavy atom. The summed E-state index contributed by atoms with van der Waals surface area (Å²) in [5.74, 6) is 1.45. The molecule has 0 aliphatic rings. The van der Waals surface area contributed by atoms with Crippen LogP contribution in [-0.2, 0) is 19.7 Å². The maximum Gasteiger partial charge on any atom is 0.164 e. The number of aromatic nitrogens is 3. The molecule has 0 unspecified atom stereocenters. The van der Waals surface area contributed by atoms with Crippen molar-refractivity contribution in [3.8, 4) is 5.75 Å². The molecule has 0 radical (unpaired) electrons. The number of rotatable bonds is 6. The fourth-order valence-electron chi connectivity index (χ4n) is 1.78. The van der Waals surface area contributed by atoms with E-state index in [1.54, 1.807) is 4.68 Å². The van der Waals surface area contributed by atoms with Crippen molar-refractivity contribution in [1.82, 2.24) is 20.1 Å². The highest BCUT2D eigenvalue weighted by molar-refractivity contribution is 6.32. The lowest BCUT2D eigenvalue weighted by molar-refractivity contribution is 0.287. The predicted octanol–water partition coefficient (Wildman–Crippen LogP) is 2.25. The molecule has 1 N–H and O–H groups in total. The Bertz CT molecular complexity index is 541. The lowest BCUT2D eigenvalue weighted by Crippen LogP contribution is -2.08. The van der Waals surface area contributed by atoms with E-state index >= 15 is 0 Å². The van der Waals surface area contributed by atoms with E-state index in [0.29, 0.717) is 17.4 Å². The van der Waals surface area contributed by atoms with Crippen molar-refractivity contribution in [3.05, 3.63) is 40.9 Å². The Balaban J connectivity index is 2.03. The highest BCUT2D eigenvalue weighted by Crippen LogP contribution is 2.26. The van der Waals surface area contributed by atoms with Crippen LogP contribution >= 0.6 is 11.6 Å². The highest BCUT2D eigenvalue weighted by atomic mass is 35.5. The van der Waals surface area contributed by atoms with Gasteiger partial charge in [-0.1, -0.05) is 17.7 Å². The minimum atomic E-state index is 0.360. The summed E-state index contributed by atoms with van der Waals surface area (Å²) in [6.45, 7) is 3.92. The van der Waals surface area contributed by atoms with Crippen LogP contribution in [0.1, 0.15) is 18.3 Å². The number of ether oxygens (including phenoxy) is 1. The van der Waals surface area contributed by atoms with E-state index in [2.05, 4.69) is 15.4 Å². The number of halogens is 1. The molecule has 0 bridgehead atoms. The van der Waals surface area contributed by atoms with E-state index in [9.17, 15) is 0 Å². The molecule has 1 aromatic heterocycles. The first-order valence-electron chi connectivity index (χ1n) is 6.17. The molecule has 6 heteroatoms. The summed E-state index contributed by atoms with van der Waals surface area (Å²) >= 11 is 6.18. The summed E-state index contributed by atoms with van der Waals surface area (Å²) in [6, 6.07) is 5.77. The average molecular weight is 281 g/mol. The largest absolute Gasteiger partial charge is 0.484 e. The maximum absolute atomic E-state index is 6.18. The molecule has 0 aliphatic heterocycles. The number of aryl methyl sites for hydroxylation is 1. The Kier molecular flexibility index (Phi) is 4.76. The zero-order valence-electron chi connectivity index (χ0n) is 11.1. The van der Waals surface area contributed by atoms with Gasteiger partial charge in [-0.15, -0.1) is 0 Å². The second-order valence-electron chi connectivity index (χ2n) is 4.08. The number of hydrogen-bond donors (Lipinski definition) is 1. The maximum atomic E-state index is 6.18. The summed E-state index contributed by atoms with van der Waals surface area (Å²) in [7, 11) is 1.90. The smallest absolute Gasteiger partial charge is 0.164 e. The molecule has 0 spiro atoms. The summed E-state index contributed by atoms with van der Waals surface area (Å²) in [5.41, 5.74) is 1.12. The van der Waals surface area contributed by atoms with Gasteiger partial charge in [0.15, 0.2) is 5.82 Å². The molecule has 0 atom stereocenters. The average Bonchev–Trinajstić information content (AvgIpc) is 2.85. The molecule has 2 rings (SSSR count). The van der Waals surface area contributed by atoms with Gasteiger partial charge in [-0.05, 0) is 31.7 Å². The van der Waals surface area contributed by atoms with Gasteiger partial charge in [-0.25, -0.2) is 9.67 Å². The van der Waals surface area contributed by atoms with Gasteiger partial charge >= 0.3 is 0 Å². The van der Waals surface area contributed by atoms with Crippen molar-refractivity contribution in [2.45, 2.75) is 26.6 Å². The first-order valence-corrected chi connectivity index (χ1v) is 6.55. The number of nitrogens with one attached hydrogen (secondary N) is 1. The van der Waals surface area contributed by atoms with Crippen LogP contribution in [-0.4, -0.2) is 21.8 Å². The van der Waals surface area contributed by atoms with Gasteiger partial charge in [0.05, 0.1) is 5.02 Å². The van der Waals surface area contributed by atoms with E-state index in [1.165, 1.54) is 6.33 Å². The fraction of sp³-hybridized carbons (Fsp3) is 0.385. The molecule has 102 valence electrons. The first kappa shape index (κ1) is 13.8. The summed E-state index contributed by atoms with van der Waals surface area (Å²) in [5, 5.41) is 7.78. The van der Waals surface area contributed by atoms with Crippen molar-refractivity contribution in [2.75, 3.05) is 7.05 Å². The molecule has 2 aromatic rings. The Hall–Kier alpha value is -1.59. The van der Waals surface area contributed by atoms with Crippen molar-refractivity contribution in [2.24, 2.45) is 0 Å². The van der Waals surface area contributed by atoms with Crippen LogP contribution in [0.3, 0.4) is 0 Å². The third-order valence-corrected chi connectivity index (χ3v) is 3.02. The van der Waals surface area contributed by atoms with E-state index in [0.717, 1.165) is 24.5 Å². The van der Waals surface area contributed by atoms with Gasteiger partial charge in [0.25, 0.3) is 0 Å².